The molecule has 0 spiro atoms. The Balaban J connectivity index is 3.11. The van der Waals surface area contributed by atoms with E-state index in [9.17, 15) is 4.39 Å². The summed E-state index contributed by atoms with van der Waals surface area (Å²) in [5.41, 5.74) is 6.85. The fraction of sp³-hybridized carbons (Fsp3) is 0.222. The Morgan fingerprint density at radius 3 is 2.75 bits per heavy atom. The van der Waals surface area contributed by atoms with Crippen LogP contribution in [-0.2, 0) is 0 Å². The molecule has 0 aromatic heterocycles. The van der Waals surface area contributed by atoms with Gasteiger partial charge in [-0.25, -0.2) is 4.39 Å². The van der Waals surface area contributed by atoms with E-state index in [1.807, 2.05) is 6.07 Å². The van der Waals surface area contributed by atoms with Crippen molar-refractivity contribution in [1.29, 1.82) is 5.26 Å². The molecule has 0 aliphatic heterocycles. The molecule has 1 aromatic carbocycles. The highest BCUT2D eigenvalue weighted by Gasteiger charge is 2.07. The Bertz CT molecular complexity index is 328. The number of aryl methyl sites for hydroxylation is 1. The van der Waals surface area contributed by atoms with Gasteiger partial charge in [0.15, 0.2) is 0 Å². The maximum absolute atomic E-state index is 12.6. The molecule has 2 nitrogen and oxygen atoms in total. The Labute approximate surface area is 70.4 Å². The highest BCUT2D eigenvalue weighted by atomic mass is 19.1. The molecule has 12 heavy (non-hydrogen) atoms. The molecule has 0 unspecified atom stereocenters. The van der Waals surface area contributed by atoms with Gasteiger partial charge in [0.2, 0.25) is 0 Å². The maximum Gasteiger partial charge on any atom is 0.123 e. The number of nitriles is 1. The fourth-order valence-corrected chi connectivity index (χ4v) is 1.06. The number of nitrogens with zero attached hydrogens (tertiary/aromatic N) is 1. The van der Waals surface area contributed by atoms with Crippen LogP contribution in [0.15, 0.2) is 18.2 Å². The second-order valence-corrected chi connectivity index (χ2v) is 2.61. The first-order valence-corrected chi connectivity index (χ1v) is 3.56. The van der Waals surface area contributed by atoms with E-state index in [4.69, 9.17) is 11.0 Å². The number of benzene rings is 1. The molecule has 0 saturated carbocycles. The summed E-state index contributed by atoms with van der Waals surface area (Å²) in [6.07, 6.45) is 0. The normalized spacial score (nSPS) is 12.2. The van der Waals surface area contributed by atoms with Gasteiger partial charge in [-0.2, -0.15) is 5.26 Å². The van der Waals surface area contributed by atoms with Crippen LogP contribution in [0.3, 0.4) is 0 Å². The van der Waals surface area contributed by atoms with E-state index < -0.39 is 6.04 Å². The van der Waals surface area contributed by atoms with Gasteiger partial charge in [0.1, 0.15) is 11.9 Å². The van der Waals surface area contributed by atoms with Crippen molar-refractivity contribution in [2.75, 3.05) is 0 Å². The van der Waals surface area contributed by atoms with Crippen molar-refractivity contribution in [3.8, 4) is 6.07 Å². The van der Waals surface area contributed by atoms with Crippen LogP contribution in [0.2, 0.25) is 0 Å². The molecule has 0 heterocycles. The van der Waals surface area contributed by atoms with Crippen molar-refractivity contribution in [2.45, 2.75) is 13.0 Å². The van der Waals surface area contributed by atoms with Crippen LogP contribution in [-0.4, -0.2) is 0 Å². The molecule has 3 heteroatoms. The van der Waals surface area contributed by atoms with Gasteiger partial charge in [0.25, 0.3) is 0 Å². The standard InChI is InChI=1S/C9H9FN2/c1-6-4-7(10)2-3-8(6)9(12)5-11/h2-4,9H,12H2,1H3/t9-/m1/s1. The first-order chi connectivity index (χ1) is 5.65. The minimum absolute atomic E-state index is 0.304. The minimum Gasteiger partial charge on any atom is -0.312 e. The molecule has 2 N–H and O–H groups in total. The Kier molecular flexibility index (Phi) is 2.41. The van der Waals surface area contributed by atoms with E-state index in [0.29, 0.717) is 11.1 Å². The molecule has 0 aliphatic carbocycles. The zero-order chi connectivity index (χ0) is 9.14. The quantitative estimate of drug-likeness (QED) is 0.686. The summed E-state index contributed by atoms with van der Waals surface area (Å²) in [5.74, 6) is -0.304. The monoisotopic (exact) mass is 164 g/mol. The van der Waals surface area contributed by atoms with Crippen molar-refractivity contribution in [1.82, 2.24) is 0 Å². The van der Waals surface area contributed by atoms with Crippen molar-refractivity contribution in [2.24, 2.45) is 5.73 Å². The molecule has 0 amide bonds. The van der Waals surface area contributed by atoms with Crippen LogP contribution < -0.4 is 5.73 Å². The van der Waals surface area contributed by atoms with Gasteiger partial charge in [-0.1, -0.05) is 6.07 Å². The number of hydrogen-bond donors (Lipinski definition) is 1. The van der Waals surface area contributed by atoms with Gasteiger partial charge < -0.3 is 5.73 Å². The third-order valence-corrected chi connectivity index (χ3v) is 1.71. The van der Waals surface area contributed by atoms with Crippen molar-refractivity contribution >= 4 is 0 Å². The summed E-state index contributed by atoms with van der Waals surface area (Å²) in [4.78, 5) is 0. The van der Waals surface area contributed by atoms with E-state index in [1.54, 1.807) is 13.0 Å². The SMILES string of the molecule is Cc1cc(F)ccc1[C@H](N)C#N. The summed E-state index contributed by atoms with van der Waals surface area (Å²) in [7, 11) is 0. The van der Waals surface area contributed by atoms with Gasteiger partial charge >= 0.3 is 0 Å². The summed E-state index contributed by atoms with van der Waals surface area (Å²) < 4.78 is 12.6. The molecule has 0 aliphatic rings. The van der Waals surface area contributed by atoms with Gasteiger partial charge in [-0.05, 0) is 30.2 Å². The largest absolute Gasteiger partial charge is 0.312 e. The van der Waals surface area contributed by atoms with E-state index >= 15 is 0 Å². The van der Waals surface area contributed by atoms with Crippen molar-refractivity contribution in [3.05, 3.63) is 35.1 Å². The lowest BCUT2D eigenvalue weighted by Gasteiger charge is -2.06. The lowest BCUT2D eigenvalue weighted by atomic mass is 10.0. The molecular formula is C9H9FN2. The molecule has 1 rings (SSSR count). The first kappa shape index (κ1) is 8.69. The summed E-state index contributed by atoms with van der Waals surface area (Å²) >= 11 is 0. The Hall–Kier alpha value is -1.40. The molecule has 62 valence electrons. The molecular weight excluding hydrogens is 155 g/mol. The Morgan fingerprint density at radius 2 is 2.25 bits per heavy atom. The van der Waals surface area contributed by atoms with Crippen LogP contribution in [0.1, 0.15) is 17.2 Å². The van der Waals surface area contributed by atoms with Gasteiger partial charge in [0, 0.05) is 0 Å². The van der Waals surface area contributed by atoms with Gasteiger partial charge in [-0.3, -0.25) is 0 Å². The van der Waals surface area contributed by atoms with Crippen LogP contribution in [0, 0.1) is 24.1 Å². The molecule has 0 radical (unpaired) electrons. The average Bonchev–Trinajstić information content (AvgIpc) is 2.03. The number of rotatable bonds is 1. The number of halogens is 1. The van der Waals surface area contributed by atoms with Crippen LogP contribution in [0.5, 0.6) is 0 Å². The molecule has 1 aromatic rings. The molecule has 0 saturated heterocycles. The lowest BCUT2D eigenvalue weighted by Crippen LogP contribution is -2.08. The van der Waals surface area contributed by atoms with E-state index in [2.05, 4.69) is 0 Å². The van der Waals surface area contributed by atoms with E-state index in [0.717, 1.165) is 0 Å². The third-order valence-electron chi connectivity index (χ3n) is 1.71. The fourth-order valence-electron chi connectivity index (χ4n) is 1.06. The maximum atomic E-state index is 12.6. The predicted octanol–water partition coefficient (Wildman–Crippen LogP) is 1.66. The third kappa shape index (κ3) is 1.60. The minimum atomic E-state index is -0.661. The first-order valence-electron chi connectivity index (χ1n) is 3.56. The van der Waals surface area contributed by atoms with Crippen LogP contribution in [0.25, 0.3) is 0 Å². The number of hydrogen-bond acceptors (Lipinski definition) is 2. The molecule has 0 bridgehead atoms. The zero-order valence-corrected chi connectivity index (χ0v) is 6.71. The highest BCUT2D eigenvalue weighted by Crippen LogP contribution is 2.15. The summed E-state index contributed by atoms with van der Waals surface area (Å²) in [6.45, 7) is 1.73. The van der Waals surface area contributed by atoms with E-state index in [1.165, 1.54) is 12.1 Å². The van der Waals surface area contributed by atoms with Crippen LogP contribution in [0.4, 0.5) is 4.39 Å². The van der Waals surface area contributed by atoms with E-state index in [-0.39, 0.29) is 5.82 Å². The summed E-state index contributed by atoms with van der Waals surface area (Å²) in [6, 6.07) is 5.45. The van der Waals surface area contributed by atoms with Crippen molar-refractivity contribution < 1.29 is 4.39 Å². The van der Waals surface area contributed by atoms with Gasteiger partial charge in [0.05, 0.1) is 6.07 Å². The predicted molar refractivity (Wildman–Crippen MR) is 43.7 cm³/mol. The Morgan fingerprint density at radius 1 is 1.58 bits per heavy atom. The zero-order valence-electron chi connectivity index (χ0n) is 6.71. The second-order valence-electron chi connectivity index (χ2n) is 2.61. The topological polar surface area (TPSA) is 49.8 Å². The molecule has 1 atom stereocenters. The second kappa shape index (κ2) is 3.33. The highest BCUT2D eigenvalue weighted by molar-refractivity contribution is 5.32. The van der Waals surface area contributed by atoms with Crippen molar-refractivity contribution in [3.63, 3.8) is 0 Å². The van der Waals surface area contributed by atoms with Crippen LogP contribution >= 0.6 is 0 Å². The average molecular weight is 164 g/mol. The van der Waals surface area contributed by atoms with Gasteiger partial charge in [-0.15, -0.1) is 0 Å². The smallest absolute Gasteiger partial charge is 0.123 e. The lowest BCUT2D eigenvalue weighted by molar-refractivity contribution is 0.625. The molecule has 0 fully saturated rings. The number of nitrogens with two attached hydrogens (primary N) is 1. The summed E-state index contributed by atoms with van der Waals surface area (Å²) in [5, 5.41) is 8.51.